The molecule has 0 saturated heterocycles. The standard InChI is InChI=1S/C14H17F2NO4/c1-9(6-13(19)20)8-17-12(18)7-10-2-4-11(5-3-10)21-14(15)16/h2-5,9,14H,6-8H2,1H3,(H,17,18)(H,19,20). The third kappa shape index (κ3) is 7.24. The molecule has 1 aromatic rings. The van der Waals surface area contributed by atoms with E-state index in [1.807, 2.05) is 0 Å². The van der Waals surface area contributed by atoms with Gasteiger partial charge in [0.05, 0.1) is 6.42 Å². The molecule has 0 aliphatic heterocycles. The highest BCUT2D eigenvalue weighted by molar-refractivity contribution is 5.78. The summed E-state index contributed by atoms with van der Waals surface area (Å²) in [6.45, 7) is -0.877. The maximum atomic E-state index is 12.0. The van der Waals surface area contributed by atoms with E-state index in [9.17, 15) is 18.4 Å². The Hall–Kier alpha value is -2.18. The molecule has 1 rings (SSSR count). The maximum Gasteiger partial charge on any atom is 0.387 e. The molecule has 21 heavy (non-hydrogen) atoms. The van der Waals surface area contributed by atoms with E-state index in [4.69, 9.17) is 5.11 Å². The van der Waals surface area contributed by atoms with Crippen LogP contribution < -0.4 is 10.1 Å². The van der Waals surface area contributed by atoms with Crippen LogP contribution in [0.25, 0.3) is 0 Å². The molecule has 1 aromatic carbocycles. The van der Waals surface area contributed by atoms with Crippen LogP contribution in [0.5, 0.6) is 5.75 Å². The third-order valence-electron chi connectivity index (χ3n) is 2.68. The number of hydrogen-bond acceptors (Lipinski definition) is 3. The second kappa shape index (κ2) is 8.18. The molecule has 5 nitrogen and oxygen atoms in total. The van der Waals surface area contributed by atoms with Gasteiger partial charge in [0.15, 0.2) is 0 Å². The summed E-state index contributed by atoms with van der Waals surface area (Å²) in [5.41, 5.74) is 0.653. The number of halogens is 2. The Labute approximate surface area is 120 Å². The van der Waals surface area contributed by atoms with Crippen LogP contribution in [0.15, 0.2) is 24.3 Å². The predicted octanol–water partition coefficient (Wildman–Crippen LogP) is 2.06. The number of aliphatic carboxylic acids is 1. The maximum absolute atomic E-state index is 12.0. The van der Waals surface area contributed by atoms with E-state index < -0.39 is 12.6 Å². The zero-order valence-electron chi connectivity index (χ0n) is 11.5. The van der Waals surface area contributed by atoms with Crippen LogP contribution in [0.3, 0.4) is 0 Å². The van der Waals surface area contributed by atoms with Crippen molar-refractivity contribution in [2.75, 3.05) is 6.54 Å². The van der Waals surface area contributed by atoms with Gasteiger partial charge in [-0.3, -0.25) is 9.59 Å². The first-order valence-corrected chi connectivity index (χ1v) is 6.39. The highest BCUT2D eigenvalue weighted by Crippen LogP contribution is 2.15. The number of carboxylic acids is 1. The summed E-state index contributed by atoms with van der Waals surface area (Å²) in [7, 11) is 0. The highest BCUT2D eigenvalue weighted by Gasteiger charge is 2.10. The van der Waals surface area contributed by atoms with Crippen molar-refractivity contribution in [2.45, 2.75) is 26.4 Å². The number of hydrogen-bond donors (Lipinski definition) is 2. The summed E-state index contributed by atoms with van der Waals surface area (Å²) in [6, 6.07) is 5.78. The molecule has 0 aromatic heterocycles. The van der Waals surface area contributed by atoms with Gasteiger partial charge in [-0.2, -0.15) is 8.78 Å². The van der Waals surface area contributed by atoms with Gasteiger partial charge in [-0.1, -0.05) is 19.1 Å². The summed E-state index contributed by atoms with van der Waals surface area (Å²) >= 11 is 0. The molecule has 1 atom stereocenters. The molecule has 0 radical (unpaired) electrons. The van der Waals surface area contributed by atoms with Gasteiger partial charge in [-0.05, 0) is 23.6 Å². The molecule has 2 N–H and O–H groups in total. The second-order valence-electron chi connectivity index (χ2n) is 4.71. The van der Waals surface area contributed by atoms with Gasteiger partial charge in [-0.15, -0.1) is 0 Å². The predicted molar refractivity (Wildman–Crippen MR) is 71.2 cm³/mol. The van der Waals surface area contributed by atoms with Gasteiger partial charge in [-0.25, -0.2) is 0 Å². The van der Waals surface area contributed by atoms with E-state index in [0.717, 1.165) is 0 Å². The lowest BCUT2D eigenvalue weighted by Gasteiger charge is -2.10. The Kier molecular flexibility index (Phi) is 6.58. The number of rotatable bonds is 8. The van der Waals surface area contributed by atoms with Crippen molar-refractivity contribution in [3.05, 3.63) is 29.8 Å². The van der Waals surface area contributed by atoms with Crippen molar-refractivity contribution in [2.24, 2.45) is 5.92 Å². The van der Waals surface area contributed by atoms with Crippen molar-refractivity contribution in [1.82, 2.24) is 5.32 Å². The van der Waals surface area contributed by atoms with E-state index in [1.165, 1.54) is 24.3 Å². The van der Waals surface area contributed by atoms with Gasteiger partial charge in [0.1, 0.15) is 5.75 Å². The van der Waals surface area contributed by atoms with E-state index >= 15 is 0 Å². The van der Waals surface area contributed by atoms with Crippen LogP contribution in [-0.4, -0.2) is 30.1 Å². The Morgan fingerprint density at radius 3 is 2.43 bits per heavy atom. The topological polar surface area (TPSA) is 75.6 Å². The first-order valence-electron chi connectivity index (χ1n) is 6.39. The average molecular weight is 301 g/mol. The van der Waals surface area contributed by atoms with Crippen molar-refractivity contribution >= 4 is 11.9 Å². The minimum absolute atomic E-state index is 0.0139. The van der Waals surface area contributed by atoms with E-state index in [2.05, 4.69) is 10.1 Å². The fraction of sp³-hybridized carbons (Fsp3) is 0.429. The Morgan fingerprint density at radius 2 is 1.90 bits per heavy atom. The lowest BCUT2D eigenvalue weighted by Crippen LogP contribution is -2.30. The number of carbonyl (C=O) groups is 2. The number of alkyl halides is 2. The molecule has 0 aliphatic carbocycles. The lowest BCUT2D eigenvalue weighted by molar-refractivity contribution is -0.138. The Morgan fingerprint density at radius 1 is 1.29 bits per heavy atom. The zero-order valence-corrected chi connectivity index (χ0v) is 11.5. The quantitative estimate of drug-likeness (QED) is 0.770. The Bertz CT molecular complexity index is 476. The molecule has 116 valence electrons. The molecular weight excluding hydrogens is 284 g/mol. The number of carbonyl (C=O) groups excluding carboxylic acids is 1. The number of nitrogens with one attached hydrogen (secondary N) is 1. The minimum Gasteiger partial charge on any atom is -0.481 e. The smallest absolute Gasteiger partial charge is 0.387 e. The van der Waals surface area contributed by atoms with Crippen molar-refractivity contribution in [3.8, 4) is 5.75 Å². The number of carboxylic acid groups (broad SMARTS) is 1. The summed E-state index contributed by atoms with van der Waals surface area (Å²) in [5.74, 6) is -1.29. The summed E-state index contributed by atoms with van der Waals surface area (Å²) < 4.78 is 28.1. The van der Waals surface area contributed by atoms with Crippen LogP contribution in [0, 0.1) is 5.92 Å². The molecule has 0 spiro atoms. The minimum atomic E-state index is -2.88. The van der Waals surface area contributed by atoms with Crippen LogP contribution in [0.4, 0.5) is 8.78 Å². The summed E-state index contributed by atoms with van der Waals surface area (Å²) in [4.78, 5) is 22.1. The van der Waals surface area contributed by atoms with E-state index in [1.54, 1.807) is 6.92 Å². The van der Waals surface area contributed by atoms with Gasteiger partial charge in [0, 0.05) is 13.0 Å². The molecule has 0 fully saturated rings. The molecular formula is C14H17F2NO4. The van der Waals surface area contributed by atoms with Crippen molar-refractivity contribution in [1.29, 1.82) is 0 Å². The monoisotopic (exact) mass is 301 g/mol. The lowest BCUT2D eigenvalue weighted by atomic mass is 10.1. The van der Waals surface area contributed by atoms with Gasteiger partial charge < -0.3 is 15.2 Å². The second-order valence-corrected chi connectivity index (χ2v) is 4.71. The summed E-state index contributed by atoms with van der Waals surface area (Å²) in [5, 5.41) is 11.2. The first-order chi connectivity index (χ1) is 9.86. The van der Waals surface area contributed by atoms with E-state index in [0.29, 0.717) is 5.56 Å². The third-order valence-corrected chi connectivity index (χ3v) is 2.68. The number of ether oxygens (including phenoxy) is 1. The van der Waals surface area contributed by atoms with Crippen molar-refractivity contribution in [3.63, 3.8) is 0 Å². The molecule has 0 bridgehead atoms. The molecule has 0 aliphatic rings. The van der Waals surface area contributed by atoms with E-state index in [-0.39, 0.29) is 37.0 Å². The first kappa shape index (κ1) is 16.9. The average Bonchev–Trinajstić information content (AvgIpc) is 2.37. The largest absolute Gasteiger partial charge is 0.481 e. The molecule has 7 heteroatoms. The summed E-state index contributed by atoms with van der Waals surface area (Å²) in [6.07, 6.45) is 0.0781. The molecule has 0 heterocycles. The Balaban J connectivity index is 2.39. The van der Waals surface area contributed by atoms with Gasteiger partial charge in [0.25, 0.3) is 0 Å². The molecule has 1 unspecified atom stereocenters. The fourth-order valence-electron chi connectivity index (χ4n) is 1.69. The van der Waals surface area contributed by atoms with Crippen molar-refractivity contribution < 1.29 is 28.2 Å². The number of benzene rings is 1. The molecule has 1 amide bonds. The van der Waals surface area contributed by atoms with Gasteiger partial charge in [0.2, 0.25) is 5.91 Å². The van der Waals surface area contributed by atoms with Crippen LogP contribution in [0.2, 0.25) is 0 Å². The fourth-order valence-corrected chi connectivity index (χ4v) is 1.69. The number of amides is 1. The highest BCUT2D eigenvalue weighted by atomic mass is 19.3. The van der Waals surface area contributed by atoms with Crippen LogP contribution in [-0.2, 0) is 16.0 Å². The molecule has 0 saturated carbocycles. The van der Waals surface area contributed by atoms with Gasteiger partial charge >= 0.3 is 12.6 Å². The van der Waals surface area contributed by atoms with Crippen LogP contribution in [0.1, 0.15) is 18.9 Å². The van der Waals surface area contributed by atoms with Crippen LogP contribution >= 0.6 is 0 Å². The SMILES string of the molecule is CC(CNC(=O)Cc1ccc(OC(F)F)cc1)CC(=O)O. The zero-order chi connectivity index (χ0) is 15.8. The normalized spacial score (nSPS) is 12.0.